The van der Waals surface area contributed by atoms with Gasteiger partial charge in [0, 0.05) is 31.2 Å². The van der Waals surface area contributed by atoms with Crippen molar-refractivity contribution < 1.29 is 18.7 Å². The average molecular weight is 386 g/mol. The van der Waals surface area contributed by atoms with Crippen molar-refractivity contribution in [1.82, 2.24) is 4.90 Å². The van der Waals surface area contributed by atoms with E-state index in [1.807, 2.05) is 27.7 Å². The van der Waals surface area contributed by atoms with E-state index in [4.69, 9.17) is 21.1 Å². The molecule has 1 aliphatic heterocycles. The molecule has 1 heterocycles. The van der Waals surface area contributed by atoms with E-state index in [1.54, 1.807) is 17.0 Å². The summed E-state index contributed by atoms with van der Waals surface area (Å²) in [6.07, 6.45) is 1.76. The second-order valence-electron chi connectivity index (χ2n) is 7.76. The molecule has 0 aliphatic carbocycles. The molecule has 26 heavy (non-hydrogen) atoms. The number of benzene rings is 1. The minimum absolute atomic E-state index is 0.00390. The number of carbonyl (C=O) groups is 1. The van der Waals surface area contributed by atoms with Crippen LogP contribution in [0.25, 0.3) is 0 Å². The zero-order valence-corrected chi connectivity index (χ0v) is 16.8. The Morgan fingerprint density at radius 2 is 2.15 bits per heavy atom. The van der Waals surface area contributed by atoms with Crippen molar-refractivity contribution in [2.24, 2.45) is 5.92 Å². The molecule has 0 N–H and O–H groups in total. The molecule has 0 aromatic heterocycles. The fourth-order valence-corrected chi connectivity index (χ4v) is 3.40. The van der Waals surface area contributed by atoms with Gasteiger partial charge in [-0.1, -0.05) is 30.7 Å². The lowest BCUT2D eigenvalue weighted by atomic mass is 9.88. The van der Waals surface area contributed by atoms with Crippen molar-refractivity contribution in [3.05, 3.63) is 34.6 Å². The SMILES string of the molecule is CCCO[C@@H](c1cccc(Cl)c1F)[C@@H]1CCCN(C(=O)OC(C)(C)C)C1. The van der Waals surface area contributed by atoms with Crippen molar-refractivity contribution in [3.63, 3.8) is 0 Å². The second-order valence-corrected chi connectivity index (χ2v) is 8.17. The van der Waals surface area contributed by atoms with Crippen molar-refractivity contribution >= 4 is 17.7 Å². The van der Waals surface area contributed by atoms with Gasteiger partial charge in [0.25, 0.3) is 0 Å². The van der Waals surface area contributed by atoms with Gasteiger partial charge in [-0.3, -0.25) is 0 Å². The van der Waals surface area contributed by atoms with Gasteiger partial charge in [-0.25, -0.2) is 9.18 Å². The molecule has 4 nitrogen and oxygen atoms in total. The van der Waals surface area contributed by atoms with E-state index in [9.17, 15) is 9.18 Å². The number of amides is 1. The number of rotatable bonds is 5. The Kier molecular flexibility index (Phi) is 7.30. The van der Waals surface area contributed by atoms with Gasteiger partial charge in [-0.05, 0) is 46.1 Å². The van der Waals surface area contributed by atoms with Crippen LogP contribution in [0.3, 0.4) is 0 Å². The molecule has 1 saturated heterocycles. The number of carbonyl (C=O) groups excluding carboxylic acids is 1. The van der Waals surface area contributed by atoms with Crippen molar-refractivity contribution in [1.29, 1.82) is 0 Å². The van der Waals surface area contributed by atoms with Crippen LogP contribution in [0.1, 0.15) is 58.6 Å². The average Bonchev–Trinajstić information content (AvgIpc) is 2.57. The van der Waals surface area contributed by atoms with E-state index in [0.29, 0.717) is 25.3 Å². The summed E-state index contributed by atoms with van der Waals surface area (Å²) in [5.74, 6) is -0.444. The Hall–Kier alpha value is -1.33. The predicted octanol–water partition coefficient (Wildman–Crippen LogP) is 5.59. The monoisotopic (exact) mass is 385 g/mol. The first kappa shape index (κ1) is 21.0. The fraction of sp³-hybridized carbons (Fsp3) is 0.650. The van der Waals surface area contributed by atoms with Gasteiger partial charge >= 0.3 is 6.09 Å². The highest BCUT2D eigenvalue weighted by Gasteiger charge is 2.34. The van der Waals surface area contributed by atoms with Gasteiger partial charge in [-0.15, -0.1) is 0 Å². The summed E-state index contributed by atoms with van der Waals surface area (Å²) in [7, 11) is 0. The molecular weight excluding hydrogens is 357 g/mol. The molecule has 1 aromatic rings. The zero-order chi connectivity index (χ0) is 19.3. The van der Waals surface area contributed by atoms with Crippen LogP contribution in [0.15, 0.2) is 18.2 Å². The molecule has 0 spiro atoms. The third-order valence-corrected chi connectivity index (χ3v) is 4.62. The van der Waals surface area contributed by atoms with Crippen LogP contribution >= 0.6 is 11.6 Å². The molecule has 1 aliphatic rings. The van der Waals surface area contributed by atoms with Gasteiger partial charge in [0.2, 0.25) is 0 Å². The zero-order valence-electron chi connectivity index (χ0n) is 16.1. The van der Waals surface area contributed by atoms with Crippen molar-refractivity contribution in [2.75, 3.05) is 19.7 Å². The highest BCUT2D eigenvalue weighted by molar-refractivity contribution is 6.30. The lowest BCUT2D eigenvalue weighted by Crippen LogP contribution is -2.44. The van der Waals surface area contributed by atoms with Gasteiger partial charge < -0.3 is 14.4 Å². The Labute approximate surface area is 160 Å². The van der Waals surface area contributed by atoms with Crippen molar-refractivity contribution in [2.45, 2.75) is 58.7 Å². The quantitative estimate of drug-likeness (QED) is 0.662. The summed E-state index contributed by atoms with van der Waals surface area (Å²) in [4.78, 5) is 14.1. The molecule has 2 rings (SSSR count). The topological polar surface area (TPSA) is 38.8 Å². The third kappa shape index (κ3) is 5.58. The molecule has 1 amide bonds. The van der Waals surface area contributed by atoms with E-state index in [0.717, 1.165) is 19.3 Å². The molecule has 1 fully saturated rings. The van der Waals surface area contributed by atoms with Crippen LogP contribution in [0.4, 0.5) is 9.18 Å². The lowest BCUT2D eigenvalue weighted by molar-refractivity contribution is -0.0267. The number of halogens is 2. The first-order valence-corrected chi connectivity index (χ1v) is 9.64. The summed E-state index contributed by atoms with van der Waals surface area (Å²) in [6.45, 7) is 9.21. The van der Waals surface area contributed by atoms with Gasteiger partial charge in [0.1, 0.15) is 11.4 Å². The predicted molar refractivity (Wildman–Crippen MR) is 101 cm³/mol. The normalized spacial score (nSPS) is 19.3. The van der Waals surface area contributed by atoms with Gasteiger partial charge in [0.05, 0.1) is 11.1 Å². The molecule has 0 unspecified atom stereocenters. The number of hydrogen-bond donors (Lipinski definition) is 0. The summed E-state index contributed by atoms with van der Waals surface area (Å²) in [5, 5.41) is 0.0902. The smallest absolute Gasteiger partial charge is 0.410 e. The molecule has 2 atom stereocenters. The molecule has 1 aromatic carbocycles. The highest BCUT2D eigenvalue weighted by Crippen LogP contribution is 2.36. The molecular formula is C20H29ClFNO3. The lowest BCUT2D eigenvalue weighted by Gasteiger charge is -2.37. The number of hydrogen-bond acceptors (Lipinski definition) is 3. The van der Waals surface area contributed by atoms with Crippen molar-refractivity contribution in [3.8, 4) is 0 Å². The minimum Gasteiger partial charge on any atom is -0.444 e. The third-order valence-electron chi connectivity index (χ3n) is 4.33. The van der Waals surface area contributed by atoms with Crippen LogP contribution in [0.2, 0.25) is 5.02 Å². The van der Waals surface area contributed by atoms with E-state index >= 15 is 0 Å². The maximum absolute atomic E-state index is 14.6. The standard InChI is InChI=1S/C20H29ClFNO3/c1-5-12-25-18(15-9-6-10-16(21)17(15)22)14-8-7-11-23(13-14)19(24)26-20(2,3)4/h6,9-10,14,18H,5,7-8,11-13H2,1-4H3/t14-,18-/m1/s1. The number of likely N-dealkylation sites (tertiary alicyclic amines) is 1. The van der Waals surface area contributed by atoms with Crippen LogP contribution in [-0.4, -0.2) is 36.3 Å². The Balaban J connectivity index is 2.19. The van der Waals surface area contributed by atoms with Crippen LogP contribution in [0.5, 0.6) is 0 Å². The summed E-state index contributed by atoms with van der Waals surface area (Å²) < 4.78 is 26.1. The van der Waals surface area contributed by atoms with Gasteiger partial charge in [0.15, 0.2) is 0 Å². The van der Waals surface area contributed by atoms with E-state index < -0.39 is 17.5 Å². The van der Waals surface area contributed by atoms with E-state index in [1.165, 1.54) is 6.07 Å². The molecule has 0 bridgehead atoms. The number of ether oxygens (including phenoxy) is 2. The Morgan fingerprint density at radius 1 is 1.42 bits per heavy atom. The maximum atomic E-state index is 14.6. The Bertz CT molecular complexity index is 618. The number of piperidine rings is 1. The van der Waals surface area contributed by atoms with E-state index in [-0.39, 0.29) is 17.0 Å². The molecule has 6 heteroatoms. The van der Waals surface area contributed by atoms with Crippen LogP contribution in [0, 0.1) is 11.7 Å². The van der Waals surface area contributed by atoms with Gasteiger partial charge in [-0.2, -0.15) is 0 Å². The summed E-state index contributed by atoms with van der Waals surface area (Å²) in [5.41, 5.74) is -0.0803. The fourth-order valence-electron chi connectivity index (χ4n) is 3.21. The molecule has 0 saturated carbocycles. The summed E-state index contributed by atoms with van der Waals surface area (Å²) in [6, 6.07) is 4.98. The Morgan fingerprint density at radius 3 is 2.81 bits per heavy atom. The largest absolute Gasteiger partial charge is 0.444 e. The van der Waals surface area contributed by atoms with Crippen LogP contribution < -0.4 is 0 Å². The summed E-state index contributed by atoms with van der Waals surface area (Å²) >= 11 is 5.97. The first-order chi connectivity index (χ1) is 12.2. The van der Waals surface area contributed by atoms with Crippen LogP contribution in [-0.2, 0) is 9.47 Å². The second kappa shape index (κ2) is 9.05. The minimum atomic E-state index is -0.540. The maximum Gasteiger partial charge on any atom is 0.410 e. The highest BCUT2D eigenvalue weighted by atomic mass is 35.5. The molecule has 146 valence electrons. The van der Waals surface area contributed by atoms with E-state index in [2.05, 4.69) is 0 Å². The first-order valence-electron chi connectivity index (χ1n) is 9.26. The number of nitrogens with zero attached hydrogens (tertiary/aromatic N) is 1. The molecule has 0 radical (unpaired) electrons.